The van der Waals surface area contributed by atoms with Gasteiger partial charge in [-0.05, 0) is 42.5 Å². The van der Waals surface area contributed by atoms with E-state index in [1.165, 1.54) is 5.56 Å². The lowest BCUT2D eigenvalue weighted by molar-refractivity contribution is -0.123. The van der Waals surface area contributed by atoms with E-state index < -0.39 is 0 Å². The van der Waals surface area contributed by atoms with E-state index in [0.29, 0.717) is 5.92 Å². The molecule has 102 valence electrons. The number of hydrogen-bond acceptors (Lipinski definition) is 2. The van der Waals surface area contributed by atoms with E-state index >= 15 is 0 Å². The van der Waals surface area contributed by atoms with E-state index in [2.05, 4.69) is 22.4 Å². The maximum Gasteiger partial charge on any atom is 0.224 e. The van der Waals surface area contributed by atoms with Crippen molar-refractivity contribution >= 4 is 5.91 Å². The smallest absolute Gasteiger partial charge is 0.224 e. The lowest BCUT2D eigenvalue weighted by Crippen LogP contribution is -2.28. The molecule has 3 heteroatoms. The summed E-state index contributed by atoms with van der Waals surface area (Å²) in [6.45, 7) is 2.01. The summed E-state index contributed by atoms with van der Waals surface area (Å²) in [5.41, 5.74) is 2.36. The van der Waals surface area contributed by atoms with Crippen LogP contribution in [0.15, 0.2) is 54.9 Å². The highest BCUT2D eigenvalue weighted by Crippen LogP contribution is 2.47. The van der Waals surface area contributed by atoms with Gasteiger partial charge in [0.2, 0.25) is 5.91 Å². The Morgan fingerprint density at radius 2 is 1.90 bits per heavy atom. The van der Waals surface area contributed by atoms with Crippen LogP contribution in [-0.2, 0) is 4.79 Å². The van der Waals surface area contributed by atoms with Crippen molar-refractivity contribution in [3.8, 4) is 0 Å². The second-order valence-corrected chi connectivity index (χ2v) is 5.37. The number of pyridine rings is 1. The molecule has 3 unspecified atom stereocenters. The lowest BCUT2D eigenvalue weighted by Gasteiger charge is -2.14. The maximum absolute atomic E-state index is 12.2. The molecular formula is C17H18N2O. The predicted molar refractivity (Wildman–Crippen MR) is 78.1 cm³/mol. The molecule has 1 heterocycles. The zero-order valence-electron chi connectivity index (χ0n) is 11.5. The van der Waals surface area contributed by atoms with Crippen molar-refractivity contribution < 1.29 is 4.79 Å². The van der Waals surface area contributed by atoms with Crippen LogP contribution in [0.5, 0.6) is 0 Å². The molecule has 2 aromatic rings. The summed E-state index contributed by atoms with van der Waals surface area (Å²) in [4.78, 5) is 16.2. The highest BCUT2D eigenvalue weighted by Gasteiger charge is 2.44. The molecule has 1 aromatic heterocycles. The van der Waals surface area contributed by atoms with E-state index in [4.69, 9.17) is 0 Å². The summed E-state index contributed by atoms with van der Waals surface area (Å²) in [6, 6.07) is 14.2. The minimum Gasteiger partial charge on any atom is -0.349 e. The molecule has 0 aliphatic heterocycles. The average molecular weight is 266 g/mol. The summed E-state index contributed by atoms with van der Waals surface area (Å²) < 4.78 is 0. The van der Waals surface area contributed by atoms with Crippen LogP contribution in [0.4, 0.5) is 0 Å². The van der Waals surface area contributed by atoms with Crippen molar-refractivity contribution in [2.45, 2.75) is 25.3 Å². The van der Waals surface area contributed by atoms with Gasteiger partial charge in [0.25, 0.3) is 0 Å². The quantitative estimate of drug-likeness (QED) is 0.924. The van der Waals surface area contributed by atoms with E-state index in [-0.39, 0.29) is 17.9 Å². The normalized spacial score (nSPS) is 22.1. The van der Waals surface area contributed by atoms with Crippen LogP contribution in [0.2, 0.25) is 0 Å². The first-order valence-electron chi connectivity index (χ1n) is 7.01. The second kappa shape index (κ2) is 5.45. The molecule has 1 aliphatic carbocycles. The van der Waals surface area contributed by atoms with Gasteiger partial charge < -0.3 is 5.32 Å². The van der Waals surface area contributed by atoms with Crippen molar-refractivity contribution in [2.24, 2.45) is 5.92 Å². The Balaban J connectivity index is 1.59. The molecule has 0 spiro atoms. The largest absolute Gasteiger partial charge is 0.349 e. The number of nitrogens with zero attached hydrogens (tertiary/aromatic N) is 1. The van der Waals surface area contributed by atoms with Gasteiger partial charge in [-0.25, -0.2) is 0 Å². The van der Waals surface area contributed by atoms with E-state index in [0.717, 1.165) is 12.0 Å². The molecule has 3 nitrogen and oxygen atoms in total. The number of carbonyl (C=O) groups is 1. The second-order valence-electron chi connectivity index (χ2n) is 5.37. The van der Waals surface area contributed by atoms with Crippen molar-refractivity contribution in [1.82, 2.24) is 10.3 Å². The highest BCUT2D eigenvalue weighted by molar-refractivity contribution is 5.83. The van der Waals surface area contributed by atoms with E-state index in [1.54, 1.807) is 12.4 Å². The Morgan fingerprint density at radius 3 is 2.60 bits per heavy atom. The Bertz CT molecular complexity index is 582. The van der Waals surface area contributed by atoms with E-state index in [9.17, 15) is 4.79 Å². The van der Waals surface area contributed by atoms with Gasteiger partial charge in [0.05, 0.1) is 6.04 Å². The zero-order valence-corrected chi connectivity index (χ0v) is 11.5. The standard InChI is InChI=1S/C17H18N2O/c1-12(13-7-9-18-10-8-13)19-17(20)16-11-15(16)14-5-3-2-4-6-14/h2-10,12,15-16H,11H2,1H3,(H,19,20). The van der Waals surface area contributed by atoms with Crippen molar-refractivity contribution in [2.75, 3.05) is 0 Å². The molecule has 0 radical (unpaired) electrons. The zero-order chi connectivity index (χ0) is 13.9. The van der Waals surface area contributed by atoms with Gasteiger partial charge in [-0.15, -0.1) is 0 Å². The predicted octanol–water partition coefficient (Wildman–Crippen LogP) is 3.06. The fraction of sp³-hybridized carbons (Fsp3) is 0.294. The van der Waals surface area contributed by atoms with Crippen LogP contribution < -0.4 is 5.32 Å². The minimum absolute atomic E-state index is 0.0301. The topological polar surface area (TPSA) is 42.0 Å². The first-order valence-corrected chi connectivity index (χ1v) is 7.01. The van der Waals surface area contributed by atoms with Crippen LogP contribution in [0.25, 0.3) is 0 Å². The molecule has 1 aromatic carbocycles. The highest BCUT2D eigenvalue weighted by atomic mass is 16.2. The van der Waals surface area contributed by atoms with E-state index in [1.807, 2.05) is 37.3 Å². The number of rotatable bonds is 4. The molecule has 1 amide bonds. The molecule has 20 heavy (non-hydrogen) atoms. The number of amides is 1. The fourth-order valence-corrected chi connectivity index (χ4v) is 2.61. The van der Waals surface area contributed by atoms with Crippen LogP contribution >= 0.6 is 0 Å². The van der Waals surface area contributed by atoms with Gasteiger partial charge >= 0.3 is 0 Å². The number of benzene rings is 1. The third-order valence-corrected chi connectivity index (χ3v) is 3.92. The van der Waals surface area contributed by atoms with Crippen LogP contribution in [0, 0.1) is 5.92 Å². The Kier molecular flexibility index (Phi) is 3.50. The molecule has 1 N–H and O–H groups in total. The lowest BCUT2D eigenvalue weighted by atomic mass is 10.1. The first kappa shape index (κ1) is 12.9. The number of nitrogens with one attached hydrogen (secondary N) is 1. The van der Waals surface area contributed by atoms with Gasteiger partial charge in [0, 0.05) is 18.3 Å². The van der Waals surface area contributed by atoms with Gasteiger partial charge in [-0.1, -0.05) is 30.3 Å². The fourth-order valence-electron chi connectivity index (χ4n) is 2.61. The van der Waals surface area contributed by atoms with Crippen molar-refractivity contribution in [3.63, 3.8) is 0 Å². The molecule has 1 saturated carbocycles. The summed E-state index contributed by atoms with van der Waals surface area (Å²) >= 11 is 0. The first-order chi connectivity index (χ1) is 9.75. The Hall–Kier alpha value is -2.16. The number of hydrogen-bond donors (Lipinski definition) is 1. The molecule has 1 aliphatic rings. The average Bonchev–Trinajstić information content (AvgIpc) is 3.29. The third-order valence-electron chi connectivity index (χ3n) is 3.92. The monoisotopic (exact) mass is 266 g/mol. The Morgan fingerprint density at radius 1 is 1.20 bits per heavy atom. The van der Waals surface area contributed by atoms with Crippen LogP contribution in [0.1, 0.15) is 36.4 Å². The molecule has 0 saturated heterocycles. The van der Waals surface area contributed by atoms with Crippen molar-refractivity contribution in [3.05, 3.63) is 66.0 Å². The van der Waals surface area contributed by atoms with Gasteiger partial charge in [0.15, 0.2) is 0 Å². The third kappa shape index (κ3) is 2.72. The molecule has 1 fully saturated rings. The Labute approximate surface area is 119 Å². The van der Waals surface area contributed by atoms with Crippen LogP contribution in [0.3, 0.4) is 0 Å². The maximum atomic E-state index is 12.2. The molecular weight excluding hydrogens is 248 g/mol. The summed E-state index contributed by atoms with van der Waals surface area (Å²) in [5.74, 6) is 0.672. The van der Waals surface area contributed by atoms with Gasteiger partial charge in [-0.3, -0.25) is 9.78 Å². The molecule has 0 bridgehead atoms. The number of carbonyl (C=O) groups excluding carboxylic acids is 1. The van der Waals surface area contributed by atoms with Gasteiger partial charge in [0.1, 0.15) is 0 Å². The number of aromatic nitrogens is 1. The molecule has 3 atom stereocenters. The SMILES string of the molecule is CC(NC(=O)C1CC1c1ccccc1)c1ccncc1. The summed E-state index contributed by atoms with van der Waals surface area (Å²) in [6.07, 6.45) is 4.46. The minimum atomic E-state index is 0.0301. The van der Waals surface area contributed by atoms with Crippen LogP contribution in [-0.4, -0.2) is 10.9 Å². The summed E-state index contributed by atoms with van der Waals surface area (Å²) in [5, 5.41) is 3.09. The summed E-state index contributed by atoms with van der Waals surface area (Å²) in [7, 11) is 0. The molecule has 3 rings (SSSR count). The van der Waals surface area contributed by atoms with Gasteiger partial charge in [-0.2, -0.15) is 0 Å². The van der Waals surface area contributed by atoms with Crippen molar-refractivity contribution in [1.29, 1.82) is 0 Å².